The molecule has 1 aromatic rings. The molecule has 0 bridgehead atoms. The largest absolute Gasteiger partial charge is 0.482 e. The fraction of sp³-hybridized carbons (Fsp3) is 0.462. The van der Waals surface area contributed by atoms with Crippen LogP contribution in [0.3, 0.4) is 0 Å². The van der Waals surface area contributed by atoms with Crippen LogP contribution < -0.4 is 15.4 Å². The Morgan fingerprint density at radius 2 is 2.19 bits per heavy atom. The lowest BCUT2D eigenvalue weighted by atomic mass is 10.1. The maximum atomic E-state index is 11.7. The molecule has 21 heavy (non-hydrogen) atoms. The normalized spacial score (nSPS) is 23.7. The van der Waals surface area contributed by atoms with Crippen molar-refractivity contribution in [3.05, 3.63) is 17.2 Å². The molecule has 2 aliphatic rings. The number of benzene rings is 1. The second-order valence-electron chi connectivity index (χ2n) is 5.26. The minimum absolute atomic E-state index is 0.0358. The van der Waals surface area contributed by atoms with Gasteiger partial charge in [-0.2, -0.15) is 0 Å². The molecule has 3 rings (SSSR count). The number of hydrogen-bond acceptors (Lipinski definition) is 5. The molecule has 2 heterocycles. The first-order valence-corrected chi connectivity index (χ1v) is 8.86. The van der Waals surface area contributed by atoms with Crippen molar-refractivity contribution in [2.75, 3.05) is 28.7 Å². The second kappa shape index (κ2) is 5.38. The van der Waals surface area contributed by atoms with Gasteiger partial charge >= 0.3 is 0 Å². The summed E-state index contributed by atoms with van der Waals surface area (Å²) in [6.45, 7) is -0.0358. The SMILES string of the molecule is O=C1COc2cc(NC3CCCS(=O)(=O)C3)c(Cl)cc2N1. The van der Waals surface area contributed by atoms with E-state index in [1.165, 1.54) is 0 Å². The number of fused-ring (bicyclic) bond motifs is 1. The maximum absolute atomic E-state index is 11.7. The van der Waals surface area contributed by atoms with E-state index in [0.29, 0.717) is 28.6 Å². The lowest BCUT2D eigenvalue weighted by Gasteiger charge is -2.26. The van der Waals surface area contributed by atoms with Crippen molar-refractivity contribution in [2.45, 2.75) is 18.9 Å². The van der Waals surface area contributed by atoms with E-state index in [-0.39, 0.29) is 30.1 Å². The van der Waals surface area contributed by atoms with Gasteiger partial charge < -0.3 is 15.4 Å². The van der Waals surface area contributed by atoms with Crippen LogP contribution in [0.2, 0.25) is 5.02 Å². The molecule has 114 valence electrons. The number of nitrogens with one attached hydrogen (secondary N) is 2. The molecule has 2 N–H and O–H groups in total. The average molecular weight is 331 g/mol. The van der Waals surface area contributed by atoms with Gasteiger partial charge in [0.2, 0.25) is 0 Å². The Morgan fingerprint density at radius 1 is 1.38 bits per heavy atom. The Hall–Kier alpha value is -1.47. The fourth-order valence-corrected chi connectivity index (χ4v) is 4.42. The molecule has 0 aliphatic carbocycles. The predicted octanol–water partition coefficient (Wildman–Crippen LogP) is 1.66. The van der Waals surface area contributed by atoms with Gasteiger partial charge in [-0.15, -0.1) is 0 Å². The van der Waals surface area contributed by atoms with Crippen molar-refractivity contribution in [1.82, 2.24) is 0 Å². The molecule has 8 heteroatoms. The number of ether oxygens (including phenoxy) is 1. The molecule has 1 unspecified atom stereocenters. The van der Waals surface area contributed by atoms with Gasteiger partial charge in [0.05, 0.1) is 27.9 Å². The number of rotatable bonds is 2. The van der Waals surface area contributed by atoms with E-state index < -0.39 is 9.84 Å². The second-order valence-corrected chi connectivity index (χ2v) is 7.90. The number of amides is 1. The molecule has 0 spiro atoms. The third-order valence-electron chi connectivity index (χ3n) is 3.52. The van der Waals surface area contributed by atoms with E-state index in [0.717, 1.165) is 6.42 Å². The first kappa shape index (κ1) is 14.5. The van der Waals surface area contributed by atoms with Crippen LogP contribution in [0.5, 0.6) is 5.75 Å². The van der Waals surface area contributed by atoms with Crippen LogP contribution in [0.15, 0.2) is 12.1 Å². The molecule has 1 fully saturated rings. The zero-order valence-corrected chi connectivity index (χ0v) is 12.8. The Bertz CT molecular complexity index is 690. The van der Waals surface area contributed by atoms with Crippen LogP contribution >= 0.6 is 11.6 Å². The summed E-state index contributed by atoms with van der Waals surface area (Å²) in [5.41, 5.74) is 1.15. The predicted molar refractivity (Wildman–Crippen MR) is 80.9 cm³/mol. The highest BCUT2D eigenvalue weighted by Gasteiger charge is 2.26. The van der Waals surface area contributed by atoms with Crippen molar-refractivity contribution in [3.8, 4) is 5.75 Å². The van der Waals surface area contributed by atoms with E-state index in [4.69, 9.17) is 16.3 Å². The third-order valence-corrected chi connectivity index (χ3v) is 5.66. The van der Waals surface area contributed by atoms with Gasteiger partial charge in [-0.3, -0.25) is 4.79 Å². The monoisotopic (exact) mass is 330 g/mol. The van der Waals surface area contributed by atoms with Crippen LogP contribution in [0.1, 0.15) is 12.8 Å². The summed E-state index contributed by atoms with van der Waals surface area (Å²) in [4.78, 5) is 11.2. The Labute approximate surface area is 127 Å². The molecule has 6 nitrogen and oxygen atoms in total. The summed E-state index contributed by atoms with van der Waals surface area (Å²) in [5, 5.41) is 6.25. The number of carbonyl (C=O) groups is 1. The molecular weight excluding hydrogens is 316 g/mol. The number of hydrogen-bond donors (Lipinski definition) is 2. The lowest BCUT2D eigenvalue weighted by molar-refractivity contribution is -0.118. The fourth-order valence-electron chi connectivity index (χ4n) is 2.57. The molecule has 1 atom stereocenters. The van der Waals surface area contributed by atoms with E-state index in [1.807, 2.05) is 0 Å². The molecule has 2 aliphatic heterocycles. The summed E-state index contributed by atoms with van der Waals surface area (Å²) in [7, 11) is -2.98. The van der Waals surface area contributed by atoms with E-state index in [2.05, 4.69) is 10.6 Å². The number of halogens is 1. The quantitative estimate of drug-likeness (QED) is 0.861. The molecule has 1 saturated heterocycles. The van der Waals surface area contributed by atoms with Gasteiger partial charge in [0.1, 0.15) is 5.75 Å². The minimum Gasteiger partial charge on any atom is -0.482 e. The molecular formula is C13H15ClN2O4S. The van der Waals surface area contributed by atoms with Crippen LogP contribution in [0.4, 0.5) is 11.4 Å². The van der Waals surface area contributed by atoms with Crippen molar-refractivity contribution < 1.29 is 17.9 Å². The van der Waals surface area contributed by atoms with Gasteiger partial charge in [-0.25, -0.2) is 8.42 Å². The lowest BCUT2D eigenvalue weighted by Crippen LogP contribution is -2.35. The zero-order chi connectivity index (χ0) is 15.0. The van der Waals surface area contributed by atoms with Gasteiger partial charge in [-0.1, -0.05) is 11.6 Å². The van der Waals surface area contributed by atoms with E-state index >= 15 is 0 Å². The van der Waals surface area contributed by atoms with Crippen molar-refractivity contribution in [2.24, 2.45) is 0 Å². The van der Waals surface area contributed by atoms with E-state index in [1.54, 1.807) is 12.1 Å². The van der Waals surface area contributed by atoms with Crippen molar-refractivity contribution >= 4 is 38.7 Å². The molecule has 1 aromatic carbocycles. The highest BCUT2D eigenvalue weighted by atomic mass is 35.5. The van der Waals surface area contributed by atoms with Gasteiger partial charge in [0, 0.05) is 12.1 Å². The van der Waals surface area contributed by atoms with Gasteiger partial charge in [0.15, 0.2) is 16.4 Å². The summed E-state index contributed by atoms with van der Waals surface area (Å²) in [5.74, 6) is 0.661. The first-order valence-electron chi connectivity index (χ1n) is 6.66. The number of anilines is 2. The smallest absolute Gasteiger partial charge is 0.262 e. The number of carbonyl (C=O) groups excluding carboxylic acids is 1. The summed E-state index contributed by atoms with van der Waals surface area (Å²) in [6, 6.07) is 3.14. The Morgan fingerprint density at radius 3 is 2.95 bits per heavy atom. The van der Waals surface area contributed by atoms with Gasteiger partial charge in [-0.05, 0) is 18.9 Å². The topological polar surface area (TPSA) is 84.5 Å². The molecule has 0 saturated carbocycles. The van der Waals surface area contributed by atoms with Crippen LogP contribution in [0.25, 0.3) is 0 Å². The number of sulfone groups is 1. The maximum Gasteiger partial charge on any atom is 0.262 e. The van der Waals surface area contributed by atoms with E-state index in [9.17, 15) is 13.2 Å². The van der Waals surface area contributed by atoms with Crippen LogP contribution in [0, 0.1) is 0 Å². The van der Waals surface area contributed by atoms with Crippen LogP contribution in [-0.2, 0) is 14.6 Å². The molecule has 0 aromatic heterocycles. The first-order chi connectivity index (χ1) is 9.93. The zero-order valence-electron chi connectivity index (χ0n) is 11.2. The van der Waals surface area contributed by atoms with Crippen molar-refractivity contribution in [3.63, 3.8) is 0 Å². The average Bonchev–Trinajstić information content (AvgIpc) is 2.39. The Kier molecular flexibility index (Phi) is 3.71. The van der Waals surface area contributed by atoms with Gasteiger partial charge in [0.25, 0.3) is 5.91 Å². The summed E-state index contributed by atoms with van der Waals surface area (Å²) >= 11 is 6.18. The summed E-state index contributed by atoms with van der Waals surface area (Å²) in [6.07, 6.45) is 1.43. The molecule has 1 amide bonds. The molecule has 0 radical (unpaired) electrons. The van der Waals surface area contributed by atoms with Crippen LogP contribution in [-0.4, -0.2) is 38.5 Å². The third kappa shape index (κ3) is 3.24. The van der Waals surface area contributed by atoms with Crippen molar-refractivity contribution in [1.29, 1.82) is 0 Å². The standard InChI is InChI=1S/C13H15ClN2O4S/c14-9-4-11-12(20-6-13(17)16-11)5-10(9)15-8-2-1-3-21(18,19)7-8/h4-5,8,15H,1-3,6-7H2,(H,16,17). The highest BCUT2D eigenvalue weighted by Crippen LogP contribution is 2.37. The summed E-state index contributed by atoms with van der Waals surface area (Å²) < 4.78 is 28.7. The Balaban J connectivity index is 1.81. The minimum atomic E-state index is -2.98. The highest BCUT2D eigenvalue weighted by molar-refractivity contribution is 7.91.